The first-order valence-electron chi connectivity index (χ1n) is 5.63. The summed E-state index contributed by atoms with van der Waals surface area (Å²) < 4.78 is 37.6. The highest BCUT2D eigenvalue weighted by atomic mass is 32.2. The molecule has 0 amide bonds. The van der Waals surface area contributed by atoms with E-state index in [1.54, 1.807) is 11.8 Å². The number of nitriles is 1. The first kappa shape index (κ1) is 15.6. The minimum atomic E-state index is -4.50. The summed E-state index contributed by atoms with van der Waals surface area (Å²) in [7, 11) is 0. The molecule has 0 bridgehead atoms. The molecule has 1 aromatic heterocycles. The van der Waals surface area contributed by atoms with Crippen molar-refractivity contribution in [3.8, 4) is 6.07 Å². The summed E-state index contributed by atoms with van der Waals surface area (Å²) >= 11 is 1.67. The van der Waals surface area contributed by atoms with Crippen LogP contribution in [0.2, 0.25) is 0 Å². The van der Waals surface area contributed by atoms with Gasteiger partial charge in [-0.05, 0) is 24.8 Å². The van der Waals surface area contributed by atoms with Gasteiger partial charge in [0, 0.05) is 11.8 Å². The van der Waals surface area contributed by atoms with E-state index < -0.39 is 11.9 Å². The van der Waals surface area contributed by atoms with Gasteiger partial charge in [0.05, 0.1) is 5.56 Å². The molecule has 3 nitrogen and oxygen atoms in total. The summed E-state index contributed by atoms with van der Waals surface area (Å²) in [6.45, 7) is 2.50. The lowest BCUT2D eigenvalue weighted by atomic mass is 10.2. The first-order valence-corrected chi connectivity index (χ1v) is 6.92. The SMILES string of the molecule is CSC(C)CCNc1nc(C(F)(F)F)ccc1C#N. The van der Waals surface area contributed by atoms with Gasteiger partial charge >= 0.3 is 6.18 Å². The standard InChI is InChI=1S/C12H14F3N3S/c1-8(19-2)5-6-17-11-9(7-16)3-4-10(18-11)12(13,14)15/h3-4,8H,5-6H2,1-2H3,(H,17,18). The summed E-state index contributed by atoms with van der Waals surface area (Å²) in [5.41, 5.74) is -0.878. The van der Waals surface area contributed by atoms with E-state index in [0.717, 1.165) is 18.6 Å². The zero-order valence-electron chi connectivity index (χ0n) is 10.6. The Balaban J connectivity index is 2.83. The number of anilines is 1. The van der Waals surface area contributed by atoms with E-state index in [9.17, 15) is 13.2 Å². The van der Waals surface area contributed by atoms with Crippen molar-refractivity contribution in [2.24, 2.45) is 0 Å². The third kappa shape index (κ3) is 4.63. The van der Waals surface area contributed by atoms with E-state index in [1.165, 1.54) is 0 Å². The van der Waals surface area contributed by atoms with Crippen molar-refractivity contribution in [1.82, 2.24) is 4.98 Å². The van der Waals surface area contributed by atoms with E-state index in [4.69, 9.17) is 5.26 Å². The van der Waals surface area contributed by atoms with Gasteiger partial charge in [0.15, 0.2) is 0 Å². The number of thioether (sulfide) groups is 1. The Morgan fingerprint density at radius 1 is 1.47 bits per heavy atom. The number of hydrogen-bond donors (Lipinski definition) is 1. The van der Waals surface area contributed by atoms with Gasteiger partial charge in [0.25, 0.3) is 0 Å². The van der Waals surface area contributed by atoms with Crippen molar-refractivity contribution in [1.29, 1.82) is 5.26 Å². The highest BCUT2D eigenvalue weighted by Gasteiger charge is 2.33. The Bertz CT molecular complexity index is 468. The molecule has 0 aliphatic heterocycles. The Kier molecular flexibility index (Phi) is 5.48. The number of aromatic nitrogens is 1. The van der Waals surface area contributed by atoms with Crippen molar-refractivity contribution >= 4 is 17.6 Å². The molecule has 0 aromatic carbocycles. The van der Waals surface area contributed by atoms with Crippen LogP contribution >= 0.6 is 11.8 Å². The maximum Gasteiger partial charge on any atom is 0.433 e. The van der Waals surface area contributed by atoms with Gasteiger partial charge in [0.2, 0.25) is 0 Å². The fraction of sp³-hybridized carbons (Fsp3) is 0.500. The molecule has 0 aliphatic rings. The monoisotopic (exact) mass is 289 g/mol. The van der Waals surface area contributed by atoms with E-state index >= 15 is 0 Å². The molecule has 19 heavy (non-hydrogen) atoms. The molecule has 1 atom stereocenters. The fourth-order valence-corrected chi connectivity index (χ4v) is 1.71. The highest BCUT2D eigenvalue weighted by molar-refractivity contribution is 7.99. The highest BCUT2D eigenvalue weighted by Crippen LogP contribution is 2.29. The number of halogens is 3. The van der Waals surface area contributed by atoms with Gasteiger partial charge < -0.3 is 5.32 Å². The zero-order valence-corrected chi connectivity index (χ0v) is 11.4. The third-order valence-electron chi connectivity index (χ3n) is 2.55. The van der Waals surface area contributed by atoms with Crippen molar-refractivity contribution in [3.05, 3.63) is 23.4 Å². The second-order valence-electron chi connectivity index (χ2n) is 3.96. The molecule has 0 spiro atoms. The lowest BCUT2D eigenvalue weighted by Gasteiger charge is -2.12. The minimum absolute atomic E-state index is 0.00868. The summed E-state index contributed by atoms with van der Waals surface area (Å²) in [6.07, 6.45) is -1.76. The van der Waals surface area contributed by atoms with Crippen molar-refractivity contribution < 1.29 is 13.2 Å². The smallest absolute Gasteiger partial charge is 0.369 e. The number of hydrogen-bond acceptors (Lipinski definition) is 4. The largest absolute Gasteiger partial charge is 0.433 e. The Labute approximate surface area is 114 Å². The molecule has 0 saturated heterocycles. The van der Waals surface area contributed by atoms with E-state index in [1.807, 2.05) is 19.2 Å². The van der Waals surface area contributed by atoms with Crippen LogP contribution in [0.4, 0.5) is 19.0 Å². The van der Waals surface area contributed by atoms with Gasteiger partial charge in [-0.1, -0.05) is 6.92 Å². The topological polar surface area (TPSA) is 48.7 Å². The van der Waals surface area contributed by atoms with Crippen LogP contribution in [0, 0.1) is 11.3 Å². The number of alkyl halides is 3. The molecule has 0 fully saturated rings. The number of rotatable bonds is 5. The molecular weight excluding hydrogens is 275 g/mol. The maximum atomic E-state index is 12.5. The first-order chi connectivity index (χ1) is 8.88. The molecule has 1 unspecified atom stereocenters. The summed E-state index contributed by atoms with van der Waals surface area (Å²) in [5, 5.41) is 12.0. The normalized spacial score (nSPS) is 12.8. The van der Waals surface area contributed by atoms with E-state index in [2.05, 4.69) is 10.3 Å². The van der Waals surface area contributed by atoms with Crippen molar-refractivity contribution in [2.45, 2.75) is 24.8 Å². The van der Waals surface area contributed by atoms with Gasteiger partial charge in [-0.2, -0.15) is 30.2 Å². The molecule has 1 heterocycles. The molecule has 1 aromatic rings. The summed E-state index contributed by atoms with van der Waals surface area (Å²) in [4.78, 5) is 3.47. The Hall–Kier alpha value is -1.42. The lowest BCUT2D eigenvalue weighted by Crippen LogP contribution is -2.13. The van der Waals surface area contributed by atoms with Gasteiger partial charge in [-0.15, -0.1) is 0 Å². The van der Waals surface area contributed by atoms with Crippen LogP contribution in [-0.2, 0) is 6.18 Å². The predicted octanol–water partition coefficient (Wildman–Crippen LogP) is 3.53. The molecule has 0 aliphatic carbocycles. The van der Waals surface area contributed by atoms with Crippen LogP contribution < -0.4 is 5.32 Å². The van der Waals surface area contributed by atoms with Crippen LogP contribution in [0.1, 0.15) is 24.6 Å². The van der Waals surface area contributed by atoms with Crippen LogP contribution in [0.3, 0.4) is 0 Å². The van der Waals surface area contributed by atoms with Gasteiger partial charge in [-0.3, -0.25) is 0 Å². The Morgan fingerprint density at radius 2 is 2.16 bits per heavy atom. The molecule has 7 heteroatoms. The summed E-state index contributed by atoms with van der Waals surface area (Å²) in [6, 6.07) is 3.78. The number of nitrogens with zero attached hydrogens (tertiary/aromatic N) is 2. The molecule has 1 N–H and O–H groups in total. The molecule has 0 radical (unpaired) electrons. The van der Waals surface area contributed by atoms with Crippen LogP contribution in [0.15, 0.2) is 12.1 Å². The average molecular weight is 289 g/mol. The third-order valence-corrected chi connectivity index (χ3v) is 3.59. The van der Waals surface area contributed by atoms with Crippen LogP contribution in [-0.4, -0.2) is 23.0 Å². The second-order valence-corrected chi connectivity index (χ2v) is 5.24. The number of pyridine rings is 1. The van der Waals surface area contributed by atoms with Crippen molar-refractivity contribution in [2.75, 3.05) is 18.1 Å². The average Bonchev–Trinajstić information content (AvgIpc) is 2.37. The molecular formula is C12H14F3N3S. The van der Waals surface area contributed by atoms with Gasteiger partial charge in [0.1, 0.15) is 17.6 Å². The van der Waals surface area contributed by atoms with Gasteiger partial charge in [-0.25, -0.2) is 4.98 Å². The van der Waals surface area contributed by atoms with E-state index in [-0.39, 0.29) is 11.4 Å². The maximum absolute atomic E-state index is 12.5. The fourth-order valence-electron chi connectivity index (χ4n) is 1.35. The predicted molar refractivity (Wildman–Crippen MR) is 70.0 cm³/mol. The second kappa shape index (κ2) is 6.66. The number of nitrogens with one attached hydrogen (secondary N) is 1. The van der Waals surface area contributed by atoms with E-state index in [0.29, 0.717) is 11.8 Å². The quantitative estimate of drug-likeness (QED) is 0.901. The van der Waals surface area contributed by atoms with Crippen LogP contribution in [0.25, 0.3) is 0 Å². The zero-order chi connectivity index (χ0) is 14.5. The molecule has 0 saturated carbocycles. The lowest BCUT2D eigenvalue weighted by molar-refractivity contribution is -0.141. The Morgan fingerprint density at radius 3 is 2.68 bits per heavy atom. The molecule has 1 rings (SSSR count). The minimum Gasteiger partial charge on any atom is -0.369 e. The van der Waals surface area contributed by atoms with Crippen LogP contribution in [0.5, 0.6) is 0 Å². The van der Waals surface area contributed by atoms with Crippen molar-refractivity contribution in [3.63, 3.8) is 0 Å². The molecule has 104 valence electrons. The summed E-state index contributed by atoms with van der Waals surface area (Å²) in [5.74, 6) is -0.00868.